The molecule has 1 aromatic carbocycles. The highest BCUT2D eigenvalue weighted by molar-refractivity contribution is 5.90. The third-order valence-electron chi connectivity index (χ3n) is 5.58. The lowest BCUT2D eigenvalue weighted by molar-refractivity contribution is -0.106. The highest BCUT2D eigenvalue weighted by Crippen LogP contribution is 2.31. The van der Waals surface area contributed by atoms with Crippen LogP contribution in [0.1, 0.15) is 31.9 Å². The van der Waals surface area contributed by atoms with Gasteiger partial charge in [-0.25, -0.2) is 9.97 Å². The summed E-state index contributed by atoms with van der Waals surface area (Å²) in [5, 5.41) is 3.35. The Morgan fingerprint density at radius 1 is 0.972 bits per heavy atom. The van der Waals surface area contributed by atoms with Crippen molar-refractivity contribution in [1.29, 1.82) is 0 Å². The SMILES string of the molecule is CN(C)CCOCCOc1cc(CNc2ncccc2N(C=O)c2ccc(C(C)(C)C)cc2)ccn1. The topological polar surface area (TPSA) is 79.8 Å². The molecule has 1 amide bonds. The van der Waals surface area contributed by atoms with Gasteiger partial charge in [-0.3, -0.25) is 9.69 Å². The zero-order valence-corrected chi connectivity index (χ0v) is 21.9. The van der Waals surface area contributed by atoms with Gasteiger partial charge in [0.05, 0.1) is 18.9 Å². The number of anilines is 3. The molecule has 0 bridgehead atoms. The van der Waals surface area contributed by atoms with E-state index in [-0.39, 0.29) is 5.41 Å². The molecule has 0 atom stereocenters. The molecule has 36 heavy (non-hydrogen) atoms. The largest absolute Gasteiger partial charge is 0.475 e. The fourth-order valence-electron chi connectivity index (χ4n) is 3.49. The molecule has 0 fully saturated rings. The van der Waals surface area contributed by atoms with Gasteiger partial charge in [-0.15, -0.1) is 0 Å². The molecule has 2 heterocycles. The Morgan fingerprint density at radius 3 is 2.44 bits per heavy atom. The van der Waals surface area contributed by atoms with E-state index in [1.54, 1.807) is 17.3 Å². The number of hydrogen-bond acceptors (Lipinski definition) is 7. The van der Waals surface area contributed by atoms with Crippen molar-refractivity contribution >= 4 is 23.6 Å². The Bertz CT molecular complexity index is 1100. The van der Waals surface area contributed by atoms with Crippen LogP contribution >= 0.6 is 0 Å². The number of carbonyl (C=O) groups is 1. The van der Waals surface area contributed by atoms with Gasteiger partial charge in [0.15, 0.2) is 5.82 Å². The highest BCUT2D eigenvalue weighted by atomic mass is 16.5. The normalized spacial score (nSPS) is 11.4. The molecule has 8 heteroatoms. The standard InChI is InChI=1S/C28H37N5O3/c1-28(2,3)23-8-10-24(11-9-23)33(21-34)25-7-6-13-30-27(25)31-20-22-12-14-29-26(19-22)36-18-17-35-16-15-32(4)5/h6-14,19,21H,15-18,20H2,1-5H3,(H,30,31). The summed E-state index contributed by atoms with van der Waals surface area (Å²) in [5.41, 5.74) is 3.69. The lowest BCUT2D eigenvalue weighted by Gasteiger charge is -2.23. The Hall–Kier alpha value is -3.49. The first kappa shape index (κ1) is 27.1. The Kier molecular flexibility index (Phi) is 9.78. The van der Waals surface area contributed by atoms with Crippen LogP contribution < -0.4 is 15.0 Å². The first-order chi connectivity index (χ1) is 17.3. The number of hydrogen-bond donors (Lipinski definition) is 1. The average molecular weight is 492 g/mol. The second kappa shape index (κ2) is 13.0. The van der Waals surface area contributed by atoms with Crippen molar-refractivity contribution in [3.63, 3.8) is 0 Å². The van der Waals surface area contributed by atoms with Crippen LogP contribution in [0, 0.1) is 0 Å². The first-order valence-corrected chi connectivity index (χ1v) is 12.1. The van der Waals surface area contributed by atoms with Crippen molar-refractivity contribution in [2.75, 3.05) is 50.7 Å². The van der Waals surface area contributed by atoms with Gasteiger partial charge < -0.3 is 19.7 Å². The second-order valence-electron chi connectivity index (χ2n) is 9.76. The molecule has 0 radical (unpaired) electrons. The third kappa shape index (κ3) is 8.03. The fraction of sp³-hybridized carbons (Fsp3) is 0.393. The summed E-state index contributed by atoms with van der Waals surface area (Å²) >= 11 is 0. The molecule has 2 aromatic heterocycles. The van der Waals surface area contributed by atoms with Gasteiger partial charge in [0.2, 0.25) is 12.3 Å². The van der Waals surface area contributed by atoms with Crippen LogP contribution in [0.4, 0.5) is 17.2 Å². The fourth-order valence-corrected chi connectivity index (χ4v) is 3.49. The smallest absolute Gasteiger partial charge is 0.218 e. The van der Waals surface area contributed by atoms with Crippen LogP contribution in [0.3, 0.4) is 0 Å². The molecule has 8 nitrogen and oxygen atoms in total. The second-order valence-corrected chi connectivity index (χ2v) is 9.76. The zero-order chi connectivity index (χ0) is 26.0. The van der Waals surface area contributed by atoms with E-state index < -0.39 is 0 Å². The molecule has 0 aliphatic carbocycles. The molecule has 3 rings (SSSR count). The van der Waals surface area contributed by atoms with E-state index in [4.69, 9.17) is 9.47 Å². The molecule has 0 saturated heterocycles. The van der Waals surface area contributed by atoms with E-state index in [0.717, 1.165) is 24.2 Å². The molecule has 0 unspecified atom stereocenters. The van der Waals surface area contributed by atoms with Crippen molar-refractivity contribution < 1.29 is 14.3 Å². The van der Waals surface area contributed by atoms with Gasteiger partial charge >= 0.3 is 0 Å². The summed E-state index contributed by atoms with van der Waals surface area (Å²) in [6, 6.07) is 15.5. The number of rotatable bonds is 13. The molecule has 3 aromatic rings. The number of carbonyl (C=O) groups excluding carboxylic acids is 1. The Morgan fingerprint density at radius 2 is 1.75 bits per heavy atom. The lowest BCUT2D eigenvalue weighted by atomic mass is 9.87. The number of nitrogens with zero attached hydrogens (tertiary/aromatic N) is 4. The van der Waals surface area contributed by atoms with Gasteiger partial charge in [-0.05, 0) is 61.0 Å². The molecule has 192 valence electrons. The summed E-state index contributed by atoms with van der Waals surface area (Å²) in [6.07, 6.45) is 4.23. The molecule has 0 aliphatic rings. The zero-order valence-electron chi connectivity index (χ0n) is 21.9. The van der Waals surface area contributed by atoms with E-state index in [0.29, 0.717) is 43.8 Å². The van der Waals surface area contributed by atoms with Crippen LogP contribution in [-0.4, -0.2) is 61.7 Å². The van der Waals surface area contributed by atoms with Crippen molar-refractivity contribution in [2.45, 2.75) is 32.7 Å². The van der Waals surface area contributed by atoms with Crippen LogP contribution in [0.25, 0.3) is 0 Å². The van der Waals surface area contributed by atoms with Crippen molar-refractivity contribution in [1.82, 2.24) is 14.9 Å². The summed E-state index contributed by atoms with van der Waals surface area (Å²) in [4.78, 5) is 24.5. The molecule has 0 spiro atoms. The summed E-state index contributed by atoms with van der Waals surface area (Å²) in [7, 11) is 4.02. The summed E-state index contributed by atoms with van der Waals surface area (Å²) < 4.78 is 11.3. The number of pyridine rings is 2. The Balaban J connectivity index is 1.63. The summed E-state index contributed by atoms with van der Waals surface area (Å²) in [5.74, 6) is 1.15. The minimum absolute atomic E-state index is 0.0395. The van der Waals surface area contributed by atoms with Gasteiger partial charge in [-0.2, -0.15) is 0 Å². The van der Waals surface area contributed by atoms with Crippen molar-refractivity contribution in [3.8, 4) is 5.88 Å². The van der Waals surface area contributed by atoms with Crippen molar-refractivity contribution in [2.24, 2.45) is 0 Å². The molecule has 0 saturated carbocycles. The minimum atomic E-state index is 0.0395. The van der Waals surface area contributed by atoms with Crippen molar-refractivity contribution in [3.05, 3.63) is 72.1 Å². The minimum Gasteiger partial charge on any atom is -0.475 e. The number of likely N-dealkylation sites (N-methyl/N-ethyl adjacent to an activating group) is 1. The van der Waals surface area contributed by atoms with E-state index in [2.05, 4.69) is 53.1 Å². The van der Waals surface area contributed by atoms with Crippen LogP contribution in [0.5, 0.6) is 5.88 Å². The molecular formula is C28H37N5O3. The van der Waals surface area contributed by atoms with Crippen LogP contribution in [0.2, 0.25) is 0 Å². The van der Waals surface area contributed by atoms with E-state index in [1.165, 1.54) is 5.56 Å². The van der Waals surface area contributed by atoms with E-state index in [9.17, 15) is 4.79 Å². The number of aromatic nitrogens is 2. The van der Waals surface area contributed by atoms with Gasteiger partial charge in [0.1, 0.15) is 6.61 Å². The monoisotopic (exact) mass is 491 g/mol. The number of amides is 1. The average Bonchev–Trinajstić information content (AvgIpc) is 2.86. The van der Waals surface area contributed by atoms with E-state index in [1.807, 2.05) is 50.5 Å². The summed E-state index contributed by atoms with van der Waals surface area (Å²) in [6.45, 7) is 9.47. The maximum Gasteiger partial charge on any atom is 0.218 e. The predicted octanol–water partition coefficient (Wildman–Crippen LogP) is 4.64. The van der Waals surface area contributed by atoms with Gasteiger partial charge in [-0.1, -0.05) is 32.9 Å². The van der Waals surface area contributed by atoms with Crippen LogP contribution in [0.15, 0.2) is 60.9 Å². The third-order valence-corrected chi connectivity index (χ3v) is 5.58. The van der Waals surface area contributed by atoms with Crippen LogP contribution in [-0.2, 0) is 21.5 Å². The molecule has 1 N–H and O–H groups in total. The Labute approximate surface area is 214 Å². The maximum absolute atomic E-state index is 12.1. The first-order valence-electron chi connectivity index (χ1n) is 12.1. The number of benzene rings is 1. The van der Waals surface area contributed by atoms with Gasteiger partial charge in [0, 0.05) is 37.2 Å². The predicted molar refractivity (Wildman–Crippen MR) is 144 cm³/mol. The quantitative estimate of drug-likeness (QED) is 0.276. The highest BCUT2D eigenvalue weighted by Gasteiger charge is 2.17. The molecular weight excluding hydrogens is 454 g/mol. The van der Waals surface area contributed by atoms with E-state index >= 15 is 0 Å². The number of nitrogens with one attached hydrogen (secondary N) is 1. The number of ether oxygens (including phenoxy) is 2. The maximum atomic E-state index is 12.1. The molecule has 0 aliphatic heterocycles. The lowest BCUT2D eigenvalue weighted by Crippen LogP contribution is -2.19. The van der Waals surface area contributed by atoms with Gasteiger partial charge in [0.25, 0.3) is 0 Å².